The standard InChI is InChI=1S/C21H33B4N5O7/c1-24(35)27-9-11-30(21(23)34)13-12-29(10-8-26-20(22)33)18(31)14-17(28-25(2)36)19(32)37-15-16-6-4-3-5-7-16/h3-7,17,27-28,35-36H,8-15H2,1-2H3,(H,26,33)/t17-/m0/s1. The molecule has 0 aliphatic heterocycles. The van der Waals surface area contributed by atoms with Crippen molar-refractivity contribution in [3.8, 4) is 0 Å². The molecule has 5 N–H and O–H groups in total. The summed E-state index contributed by atoms with van der Waals surface area (Å²) in [5, 5.41) is 26.9. The van der Waals surface area contributed by atoms with Crippen molar-refractivity contribution >= 4 is 53.3 Å². The van der Waals surface area contributed by atoms with Gasteiger partial charge in [0.15, 0.2) is 19.5 Å². The Morgan fingerprint density at radius 2 is 1.57 bits per heavy atom. The first-order valence-corrected chi connectivity index (χ1v) is 11.9. The van der Waals surface area contributed by atoms with Crippen LogP contribution in [0.25, 0.3) is 0 Å². The molecule has 12 nitrogen and oxygen atoms in total. The number of nitrogens with one attached hydrogen (secondary N) is 3. The number of hydrogen-bond donors (Lipinski definition) is 5. The average Bonchev–Trinajstić information content (AvgIpc) is 2.82. The van der Waals surface area contributed by atoms with Crippen molar-refractivity contribution < 1.29 is 34.0 Å². The van der Waals surface area contributed by atoms with Gasteiger partial charge in [0.2, 0.25) is 13.8 Å². The Bertz CT molecular complexity index is 867. The van der Waals surface area contributed by atoms with Crippen LogP contribution in [0.4, 0.5) is 9.59 Å². The first kappa shape index (κ1) is 32.2. The molecule has 0 unspecified atom stereocenters. The van der Waals surface area contributed by atoms with E-state index in [1.54, 1.807) is 24.3 Å². The summed E-state index contributed by atoms with van der Waals surface area (Å²) in [5.41, 5.74) is 0.758. The average molecular weight is 511 g/mol. The third-order valence-electron chi connectivity index (χ3n) is 5.14. The number of esters is 1. The van der Waals surface area contributed by atoms with Gasteiger partial charge in [0.25, 0.3) is 0 Å². The molecular weight excluding hydrogens is 478 g/mol. The van der Waals surface area contributed by atoms with E-state index in [0.717, 1.165) is 5.56 Å². The van der Waals surface area contributed by atoms with Gasteiger partial charge in [0, 0.05) is 39.3 Å². The second kappa shape index (κ2) is 17.6. The molecule has 1 aromatic rings. The van der Waals surface area contributed by atoms with Gasteiger partial charge in [0.05, 0.1) is 6.42 Å². The van der Waals surface area contributed by atoms with Crippen LogP contribution >= 0.6 is 0 Å². The molecule has 0 fully saturated rings. The topological polar surface area (TPSA) is 161 Å². The highest BCUT2D eigenvalue weighted by Gasteiger charge is 2.28. The Labute approximate surface area is 220 Å². The molecule has 0 saturated carbocycles. The smallest absolute Gasteiger partial charge is 0.374 e. The quantitative estimate of drug-likeness (QED) is 0.120. The lowest BCUT2D eigenvalue weighted by atomic mass is 9.86. The molecule has 1 aromatic carbocycles. The Morgan fingerprint density at radius 3 is 2.14 bits per heavy atom. The monoisotopic (exact) mass is 511 g/mol. The van der Waals surface area contributed by atoms with Crippen molar-refractivity contribution in [1.29, 1.82) is 0 Å². The number of rotatable bonds is 17. The van der Waals surface area contributed by atoms with Gasteiger partial charge in [-0.25, -0.2) is 0 Å². The summed E-state index contributed by atoms with van der Waals surface area (Å²) >= 11 is 0. The maximum absolute atomic E-state index is 13.1. The van der Waals surface area contributed by atoms with Crippen molar-refractivity contribution in [3.63, 3.8) is 0 Å². The maximum atomic E-state index is 13.1. The molecule has 196 valence electrons. The molecule has 0 saturated heterocycles. The molecule has 0 aromatic heterocycles. The van der Waals surface area contributed by atoms with Gasteiger partial charge in [0.1, 0.15) is 12.6 Å². The van der Waals surface area contributed by atoms with E-state index in [-0.39, 0.29) is 52.3 Å². The zero-order valence-corrected chi connectivity index (χ0v) is 21.3. The van der Waals surface area contributed by atoms with Crippen LogP contribution in [0.15, 0.2) is 30.3 Å². The Morgan fingerprint density at radius 1 is 0.946 bits per heavy atom. The molecule has 4 radical (unpaired) electrons. The highest BCUT2D eigenvalue weighted by atomic mass is 16.5. The van der Waals surface area contributed by atoms with Gasteiger partial charge in [-0.15, -0.1) is 0 Å². The number of benzene rings is 1. The minimum atomic E-state index is -1.15. The summed E-state index contributed by atoms with van der Waals surface area (Å²) in [7, 11) is 8.67. The molecule has 1 atom stereocenters. The van der Waals surface area contributed by atoms with Crippen molar-refractivity contribution in [2.45, 2.75) is 32.7 Å². The Hall–Kier alpha value is -2.80. The lowest BCUT2D eigenvalue weighted by molar-refractivity contribution is -0.149. The SMILES string of the molecule is [B]C(=O)NCCN(CCN(CCNB(C)O)C([B])=O)C(=O)C[C@H](NB(C)O)C(=O)OCc1ccccc1. The Balaban J connectivity index is 2.86. The third-order valence-corrected chi connectivity index (χ3v) is 5.14. The molecule has 0 aliphatic rings. The summed E-state index contributed by atoms with van der Waals surface area (Å²) in [6.45, 7) is 3.56. The van der Waals surface area contributed by atoms with Crippen LogP contribution < -0.4 is 15.8 Å². The van der Waals surface area contributed by atoms with E-state index in [9.17, 15) is 29.2 Å². The van der Waals surface area contributed by atoms with Gasteiger partial charge in [-0.3, -0.25) is 19.2 Å². The van der Waals surface area contributed by atoms with Crippen LogP contribution in [-0.4, -0.2) is 118 Å². The van der Waals surface area contributed by atoms with E-state index < -0.39 is 43.6 Å². The van der Waals surface area contributed by atoms with Gasteiger partial charge in [-0.2, -0.15) is 0 Å². The summed E-state index contributed by atoms with van der Waals surface area (Å²) in [6.07, 6.45) is -0.352. The lowest BCUT2D eigenvalue weighted by Gasteiger charge is -2.29. The molecule has 0 aliphatic carbocycles. The summed E-state index contributed by atoms with van der Waals surface area (Å²) in [4.78, 5) is 51.4. The minimum Gasteiger partial charge on any atom is -0.460 e. The van der Waals surface area contributed by atoms with E-state index >= 15 is 0 Å². The molecule has 0 heterocycles. The fourth-order valence-corrected chi connectivity index (χ4v) is 3.29. The number of carbonyl (C=O) groups excluding carboxylic acids is 4. The summed E-state index contributed by atoms with van der Waals surface area (Å²) in [5.74, 6) is -2.70. The first-order valence-electron chi connectivity index (χ1n) is 11.9. The number of nitrogens with zero attached hydrogens (tertiary/aromatic N) is 2. The van der Waals surface area contributed by atoms with Gasteiger partial charge in [-0.1, -0.05) is 30.3 Å². The van der Waals surface area contributed by atoms with Gasteiger partial charge >= 0.3 is 20.1 Å². The molecular formula is C21H33B4N5O7. The van der Waals surface area contributed by atoms with Crippen molar-refractivity contribution in [2.24, 2.45) is 0 Å². The molecule has 1 rings (SSSR count). The normalized spacial score (nSPS) is 11.2. The second-order valence-electron chi connectivity index (χ2n) is 8.32. The summed E-state index contributed by atoms with van der Waals surface area (Å²) in [6, 6.07) is 7.84. The predicted molar refractivity (Wildman–Crippen MR) is 142 cm³/mol. The lowest BCUT2D eigenvalue weighted by Crippen LogP contribution is -2.50. The zero-order chi connectivity index (χ0) is 27.8. The third kappa shape index (κ3) is 14.5. The molecule has 37 heavy (non-hydrogen) atoms. The molecule has 3 amide bonds. The van der Waals surface area contributed by atoms with E-state index in [0.29, 0.717) is 0 Å². The van der Waals surface area contributed by atoms with E-state index in [1.165, 1.54) is 23.4 Å². The summed E-state index contributed by atoms with van der Waals surface area (Å²) < 4.78 is 5.32. The number of hydrogen-bond acceptors (Lipinski definition) is 9. The van der Waals surface area contributed by atoms with Crippen LogP contribution in [0, 0.1) is 0 Å². The van der Waals surface area contributed by atoms with E-state index in [4.69, 9.17) is 20.4 Å². The predicted octanol–water partition coefficient (Wildman–Crippen LogP) is -1.81. The van der Waals surface area contributed by atoms with Gasteiger partial charge < -0.3 is 40.4 Å². The van der Waals surface area contributed by atoms with E-state index in [1.807, 2.05) is 6.07 Å². The second-order valence-corrected chi connectivity index (χ2v) is 8.32. The van der Waals surface area contributed by atoms with Crippen molar-refractivity contribution in [1.82, 2.24) is 25.6 Å². The first-order chi connectivity index (χ1) is 17.5. The molecule has 16 heteroatoms. The maximum Gasteiger partial charge on any atom is 0.374 e. The fraction of sp³-hybridized carbons (Fsp3) is 0.524. The van der Waals surface area contributed by atoms with Crippen LogP contribution in [0.1, 0.15) is 12.0 Å². The van der Waals surface area contributed by atoms with Crippen molar-refractivity contribution in [3.05, 3.63) is 35.9 Å². The van der Waals surface area contributed by atoms with Crippen LogP contribution in [-0.2, 0) is 20.9 Å². The fourth-order valence-electron chi connectivity index (χ4n) is 3.29. The Kier molecular flexibility index (Phi) is 15.3. The highest BCUT2D eigenvalue weighted by Crippen LogP contribution is 2.07. The zero-order valence-electron chi connectivity index (χ0n) is 21.3. The van der Waals surface area contributed by atoms with Crippen LogP contribution in [0.5, 0.6) is 0 Å². The van der Waals surface area contributed by atoms with E-state index in [2.05, 4.69) is 15.8 Å². The molecule has 0 spiro atoms. The number of amides is 3. The van der Waals surface area contributed by atoms with Crippen LogP contribution in [0.2, 0.25) is 13.6 Å². The van der Waals surface area contributed by atoms with Crippen LogP contribution in [0.3, 0.4) is 0 Å². The molecule has 0 bridgehead atoms. The van der Waals surface area contributed by atoms with Crippen molar-refractivity contribution in [2.75, 3.05) is 39.3 Å². The highest BCUT2D eigenvalue weighted by molar-refractivity contribution is 6.57. The van der Waals surface area contributed by atoms with Gasteiger partial charge in [-0.05, 0) is 19.2 Å². The largest absolute Gasteiger partial charge is 0.460 e. The number of ether oxygens (including phenoxy) is 1. The number of carbonyl (C=O) groups is 4. The minimum absolute atomic E-state index is 0.00777.